The molecule has 0 radical (unpaired) electrons. The molecule has 0 unspecified atom stereocenters. The lowest BCUT2D eigenvalue weighted by Crippen LogP contribution is -2.10. The van der Waals surface area contributed by atoms with E-state index in [1.54, 1.807) is 30.1 Å². The molecule has 4 rings (SSSR count). The van der Waals surface area contributed by atoms with Crippen LogP contribution in [0.1, 0.15) is 56.0 Å². The number of imidazole rings is 1. The molecule has 3 aromatic rings. The average molecular weight is 467 g/mol. The fourth-order valence-corrected chi connectivity index (χ4v) is 4.38. The van der Waals surface area contributed by atoms with E-state index in [0.29, 0.717) is 35.4 Å². The molecule has 0 saturated heterocycles. The second kappa shape index (κ2) is 10.3. The number of hydrogen-bond acceptors (Lipinski definition) is 4. The first-order valence-electron chi connectivity index (χ1n) is 11.7. The molecular formula is C27H31FN2O4. The fraction of sp³-hybridized carbons (Fsp3) is 0.407. The van der Waals surface area contributed by atoms with Gasteiger partial charge in [0.25, 0.3) is 0 Å². The molecule has 1 heterocycles. The number of hydrogen-bond donors (Lipinski definition) is 1. The number of halogens is 1. The molecule has 0 bridgehead atoms. The van der Waals surface area contributed by atoms with Crippen LogP contribution >= 0.6 is 0 Å². The normalized spacial score (nSPS) is 14.3. The maximum atomic E-state index is 14.7. The van der Waals surface area contributed by atoms with Crippen molar-refractivity contribution in [2.24, 2.45) is 11.8 Å². The van der Waals surface area contributed by atoms with Gasteiger partial charge in [0.2, 0.25) is 0 Å². The lowest BCUT2D eigenvalue weighted by molar-refractivity contribution is -0.137. The van der Waals surface area contributed by atoms with Gasteiger partial charge in [-0.25, -0.2) is 9.37 Å². The zero-order valence-corrected chi connectivity index (χ0v) is 19.8. The van der Waals surface area contributed by atoms with E-state index in [9.17, 15) is 14.3 Å². The summed E-state index contributed by atoms with van der Waals surface area (Å²) in [4.78, 5) is 15.9. The highest BCUT2D eigenvalue weighted by molar-refractivity contribution is 5.68. The molecule has 180 valence electrons. The van der Waals surface area contributed by atoms with Crippen molar-refractivity contribution in [3.63, 3.8) is 0 Å². The third-order valence-corrected chi connectivity index (χ3v) is 6.21. The third-order valence-electron chi connectivity index (χ3n) is 6.21. The number of benzene rings is 2. The van der Waals surface area contributed by atoms with E-state index in [-0.39, 0.29) is 24.8 Å². The topological polar surface area (TPSA) is 73.6 Å². The van der Waals surface area contributed by atoms with Gasteiger partial charge in [-0.2, -0.15) is 0 Å². The molecule has 1 saturated carbocycles. The van der Waals surface area contributed by atoms with Crippen LogP contribution in [0.4, 0.5) is 4.39 Å². The summed E-state index contributed by atoms with van der Waals surface area (Å²) in [7, 11) is 1.55. The van der Waals surface area contributed by atoms with Gasteiger partial charge in [-0.05, 0) is 66.8 Å². The van der Waals surface area contributed by atoms with Crippen LogP contribution in [-0.2, 0) is 17.8 Å². The van der Waals surface area contributed by atoms with E-state index in [2.05, 4.69) is 18.8 Å². The van der Waals surface area contributed by atoms with Gasteiger partial charge in [-0.15, -0.1) is 0 Å². The summed E-state index contributed by atoms with van der Waals surface area (Å²) in [5.41, 5.74) is 3.01. The Labute approximate surface area is 199 Å². The Morgan fingerprint density at radius 1 is 1.21 bits per heavy atom. The van der Waals surface area contributed by atoms with Crippen LogP contribution in [-0.4, -0.2) is 27.7 Å². The zero-order valence-electron chi connectivity index (χ0n) is 19.8. The van der Waals surface area contributed by atoms with Crippen LogP contribution in [0, 0.1) is 17.7 Å². The van der Waals surface area contributed by atoms with Gasteiger partial charge in [0.1, 0.15) is 23.9 Å². The van der Waals surface area contributed by atoms with Crippen LogP contribution in [0.2, 0.25) is 0 Å². The van der Waals surface area contributed by atoms with Crippen molar-refractivity contribution in [2.45, 2.75) is 52.1 Å². The van der Waals surface area contributed by atoms with Crippen LogP contribution < -0.4 is 9.47 Å². The maximum Gasteiger partial charge on any atom is 0.303 e. The standard InChI is InChI=1S/C27H31FN2O4/c1-17(2)11-26-24(29-16-30(26)25-13-20(33-3)9-10-23(25)28)15-34-21-6-4-5-19(12-21)22(14-27(31)32)18-7-8-18/h4-6,9-10,12-13,16-18,22H,7-8,11,14-15H2,1-3H3,(H,31,32)/t22-/m0/s1. The minimum absolute atomic E-state index is 0.00722. The van der Waals surface area contributed by atoms with Crippen molar-refractivity contribution in [1.82, 2.24) is 9.55 Å². The second-order valence-electron chi connectivity index (χ2n) is 9.33. The van der Waals surface area contributed by atoms with Crippen molar-refractivity contribution in [3.8, 4) is 17.2 Å². The average Bonchev–Trinajstić information content (AvgIpc) is 3.58. The summed E-state index contributed by atoms with van der Waals surface area (Å²) in [6.07, 6.45) is 4.60. The smallest absolute Gasteiger partial charge is 0.303 e. The molecule has 1 fully saturated rings. The number of aliphatic carboxylic acids is 1. The summed E-state index contributed by atoms with van der Waals surface area (Å²) in [6.45, 7) is 4.44. The van der Waals surface area contributed by atoms with Gasteiger partial charge in [0, 0.05) is 11.8 Å². The molecular weight excluding hydrogens is 435 g/mol. The monoisotopic (exact) mass is 466 g/mol. The van der Waals surface area contributed by atoms with E-state index in [1.807, 2.05) is 24.3 Å². The van der Waals surface area contributed by atoms with Gasteiger partial charge in [0.05, 0.1) is 31.2 Å². The lowest BCUT2D eigenvalue weighted by atomic mass is 9.91. The molecule has 1 aliphatic carbocycles. The Balaban J connectivity index is 1.57. The van der Waals surface area contributed by atoms with Crippen molar-refractivity contribution < 1.29 is 23.8 Å². The zero-order chi connectivity index (χ0) is 24.2. The lowest BCUT2D eigenvalue weighted by Gasteiger charge is -2.16. The Hall–Kier alpha value is -3.35. The van der Waals surface area contributed by atoms with Crippen LogP contribution in [0.25, 0.3) is 5.69 Å². The first-order valence-corrected chi connectivity index (χ1v) is 11.7. The minimum atomic E-state index is -0.781. The van der Waals surface area contributed by atoms with Crippen LogP contribution in [0.5, 0.6) is 11.5 Å². The van der Waals surface area contributed by atoms with Crippen molar-refractivity contribution in [2.75, 3.05) is 7.11 Å². The van der Waals surface area contributed by atoms with Crippen LogP contribution in [0.3, 0.4) is 0 Å². The molecule has 1 atom stereocenters. The summed E-state index contributed by atoms with van der Waals surface area (Å²) in [5, 5.41) is 9.32. The number of nitrogens with zero attached hydrogens (tertiary/aromatic N) is 2. The Bertz CT molecular complexity index is 1150. The van der Waals surface area contributed by atoms with Crippen molar-refractivity contribution in [3.05, 3.63) is 71.6 Å². The van der Waals surface area contributed by atoms with Gasteiger partial charge >= 0.3 is 5.97 Å². The second-order valence-corrected chi connectivity index (χ2v) is 9.33. The molecule has 0 amide bonds. The quantitative estimate of drug-likeness (QED) is 0.389. The highest BCUT2D eigenvalue weighted by atomic mass is 19.1. The summed E-state index contributed by atoms with van der Waals surface area (Å²) in [6, 6.07) is 12.3. The van der Waals surface area contributed by atoms with E-state index in [1.165, 1.54) is 6.07 Å². The molecule has 34 heavy (non-hydrogen) atoms. The first kappa shape index (κ1) is 23.8. The number of ether oxygens (including phenoxy) is 2. The predicted molar refractivity (Wildman–Crippen MR) is 127 cm³/mol. The molecule has 6 nitrogen and oxygen atoms in total. The number of carboxylic acids is 1. The van der Waals surface area contributed by atoms with E-state index >= 15 is 0 Å². The molecule has 1 N–H and O–H groups in total. The van der Waals surface area contributed by atoms with Crippen molar-refractivity contribution in [1.29, 1.82) is 0 Å². The van der Waals surface area contributed by atoms with Gasteiger partial charge < -0.3 is 14.6 Å². The minimum Gasteiger partial charge on any atom is -0.497 e. The van der Waals surface area contributed by atoms with Crippen LogP contribution in [0.15, 0.2) is 48.8 Å². The van der Waals surface area contributed by atoms with E-state index < -0.39 is 5.97 Å². The first-order chi connectivity index (χ1) is 16.4. The molecule has 7 heteroatoms. The Kier molecular flexibility index (Phi) is 7.20. The summed E-state index contributed by atoms with van der Waals surface area (Å²) < 4.78 is 27.8. The van der Waals surface area contributed by atoms with E-state index in [4.69, 9.17) is 9.47 Å². The fourth-order valence-electron chi connectivity index (χ4n) is 4.38. The van der Waals surface area contributed by atoms with Gasteiger partial charge in [-0.1, -0.05) is 26.0 Å². The number of aromatic nitrogens is 2. The molecule has 0 aliphatic heterocycles. The predicted octanol–water partition coefficient (Wildman–Crippen LogP) is 5.77. The molecule has 0 spiro atoms. The highest BCUT2D eigenvalue weighted by Crippen LogP contribution is 2.45. The SMILES string of the molecule is COc1ccc(F)c(-n2cnc(COc3cccc([C@@H](CC(=O)O)C4CC4)c3)c2CC(C)C)c1. The van der Waals surface area contributed by atoms with Crippen molar-refractivity contribution >= 4 is 5.97 Å². The molecule has 1 aromatic heterocycles. The summed E-state index contributed by atoms with van der Waals surface area (Å²) >= 11 is 0. The maximum absolute atomic E-state index is 14.7. The Morgan fingerprint density at radius 2 is 2.00 bits per heavy atom. The molecule has 1 aliphatic rings. The Morgan fingerprint density at radius 3 is 2.68 bits per heavy atom. The van der Waals surface area contributed by atoms with E-state index in [0.717, 1.165) is 29.8 Å². The van der Waals surface area contributed by atoms with Gasteiger partial charge in [0.15, 0.2) is 0 Å². The number of methoxy groups -OCH3 is 1. The largest absolute Gasteiger partial charge is 0.497 e. The number of carboxylic acid groups (broad SMARTS) is 1. The summed E-state index contributed by atoms with van der Waals surface area (Å²) in [5.74, 6) is 0.879. The molecule has 2 aromatic carbocycles. The number of rotatable bonds is 11. The third kappa shape index (κ3) is 5.58. The van der Waals surface area contributed by atoms with Gasteiger partial charge in [-0.3, -0.25) is 9.36 Å². The highest BCUT2D eigenvalue weighted by Gasteiger charge is 2.33. The number of carbonyl (C=O) groups is 1.